The second kappa shape index (κ2) is 7.87. The zero-order valence-corrected chi connectivity index (χ0v) is 13.5. The Morgan fingerprint density at radius 3 is 2.52 bits per heavy atom. The van der Waals surface area contributed by atoms with Crippen molar-refractivity contribution in [1.82, 2.24) is 4.90 Å². The summed E-state index contributed by atoms with van der Waals surface area (Å²) in [5.41, 5.74) is 0.522. The van der Waals surface area contributed by atoms with Crippen molar-refractivity contribution in [3.05, 3.63) is 35.4 Å². The summed E-state index contributed by atoms with van der Waals surface area (Å²) in [6.07, 6.45) is 5.74. The van der Waals surface area contributed by atoms with E-state index in [0.717, 1.165) is 43.1 Å². The quantitative estimate of drug-likeness (QED) is 0.725. The summed E-state index contributed by atoms with van der Waals surface area (Å²) < 4.78 is 26.2. The number of hydrogen-bond acceptors (Lipinski definition) is 1. The van der Waals surface area contributed by atoms with Crippen molar-refractivity contribution in [2.75, 3.05) is 11.9 Å². The summed E-state index contributed by atoms with van der Waals surface area (Å²) >= 11 is 3.39. The van der Waals surface area contributed by atoms with Crippen LogP contribution < -0.4 is 0 Å². The fraction of sp³-hybridized carbons (Fsp3) is 0.562. The van der Waals surface area contributed by atoms with Crippen LogP contribution in [0, 0.1) is 11.6 Å². The second-order valence-corrected chi connectivity index (χ2v) is 6.29. The number of benzene rings is 1. The molecule has 1 saturated carbocycles. The van der Waals surface area contributed by atoms with Gasteiger partial charge in [-0.1, -0.05) is 41.3 Å². The van der Waals surface area contributed by atoms with Gasteiger partial charge < -0.3 is 4.90 Å². The van der Waals surface area contributed by atoms with Crippen LogP contribution in [-0.2, 0) is 11.2 Å². The maximum Gasteiger partial charge on any atom is 0.227 e. The van der Waals surface area contributed by atoms with E-state index in [2.05, 4.69) is 15.9 Å². The van der Waals surface area contributed by atoms with Crippen molar-refractivity contribution in [2.24, 2.45) is 0 Å². The van der Waals surface area contributed by atoms with Crippen LogP contribution in [0.1, 0.15) is 37.7 Å². The van der Waals surface area contributed by atoms with Gasteiger partial charge in [-0.2, -0.15) is 0 Å². The molecule has 1 aliphatic rings. The Labute approximate surface area is 132 Å². The molecule has 0 atom stereocenters. The number of alkyl halides is 1. The molecule has 0 radical (unpaired) electrons. The van der Waals surface area contributed by atoms with E-state index in [-0.39, 0.29) is 18.4 Å². The summed E-state index contributed by atoms with van der Waals surface area (Å²) in [6.45, 7) is 0.660. The van der Waals surface area contributed by atoms with E-state index in [1.807, 2.05) is 4.90 Å². The first-order valence-electron chi connectivity index (χ1n) is 7.41. The summed E-state index contributed by atoms with van der Waals surface area (Å²) in [5, 5.41) is 0.729. The second-order valence-electron chi connectivity index (χ2n) is 5.49. The molecule has 0 unspecified atom stereocenters. The lowest BCUT2D eigenvalue weighted by molar-refractivity contribution is -0.133. The van der Waals surface area contributed by atoms with Gasteiger partial charge in [0.1, 0.15) is 0 Å². The first-order valence-corrected chi connectivity index (χ1v) is 8.53. The number of carbonyl (C=O) groups excluding carboxylic acids is 1. The first kappa shape index (κ1) is 16.4. The molecular formula is C16H20BrF2NO. The van der Waals surface area contributed by atoms with E-state index in [1.165, 1.54) is 12.5 Å². The summed E-state index contributed by atoms with van der Waals surface area (Å²) in [5.74, 6) is -1.78. The van der Waals surface area contributed by atoms with Gasteiger partial charge >= 0.3 is 0 Å². The van der Waals surface area contributed by atoms with Crippen LogP contribution in [0.15, 0.2) is 18.2 Å². The summed E-state index contributed by atoms with van der Waals surface area (Å²) in [6, 6.07) is 3.95. The van der Waals surface area contributed by atoms with Crippen molar-refractivity contribution in [3.8, 4) is 0 Å². The molecule has 0 aromatic heterocycles. The van der Waals surface area contributed by atoms with Gasteiger partial charge in [-0.25, -0.2) is 8.78 Å². The molecule has 0 saturated heterocycles. The van der Waals surface area contributed by atoms with E-state index in [1.54, 1.807) is 0 Å². The lowest BCUT2D eigenvalue weighted by Crippen LogP contribution is -2.43. The molecule has 1 aromatic carbocycles. The third-order valence-corrected chi connectivity index (χ3v) is 4.36. The maximum absolute atomic E-state index is 13.2. The van der Waals surface area contributed by atoms with Crippen molar-refractivity contribution in [2.45, 2.75) is 44.6 Å². The lowest BCUT2D eigenvalue weighted by Gasteiger charge is -2.34. The van der Waals surface area contributed by atoms with Crippen LogP contribution in [0.25, 0.3) is 0 Å². The number of amides is 1. The molecule has 1 fully saturated rings. The fourth-order valence-electron chi connectivity index (χ4n) is 2.92. The van der Waals surface area contributed by atoms with E-state index in [4.69, 9.17) is 0 Å². The highest BCUT2D eigenvalue weighted by molar-refractivity contribution is 9.09. The summed E-state index contributed by atoms with van der Waals surface area (Å²) in [7, 11) is 0. The van der Waals surface area contributed by atoms with Gasteiger partial charge in [0.15, 0.2) is 11.6 Å². The highest BCUT2D eigenvalue weighted by atomic mass is 79.9. The van der Waals surface area contributed by atoms with Crippen LogP contribution >= 0.6 is 15.9 Å². The Hall–Kier alpha value is -0.970. The van der Waals surface area contributed by atoms with Crippen LogP contribution in [0.5, 0.6) is 0 Å². The molecule has 0 aliphatic heterocycles. The molecule has 0 N–H and O–H groups in total. The monoisotopic (exact) mass is 359 g/mol. The lowest BCUT2D eigenvalue weighted by atomic mass is 9.93. The summed E-state index contributed by atoms with van der Waals surface area (Å²) in [4.78, 5) is 14.4. The zero-order valence-electron chi connectivity index (χ0n) is 12.0. The van der Waals surface area contributed by atoms with Crippen LogP contribution in [-0.4, -0.2) is 28.7 Å². The minimum absolute atomic E-state index is 0.00708. The number of rotatable bonds is 5. The first-order chi connectivity index (χ1) is 10.1. The predicted molar refractivity (Wildman–Crippen MR) is 82.4 cm³/mol. The largest absolute Gasteiger partial charge is 0.339 e. The van der Waals surface area contributed by atoms with Gasteiger partial charge in [-0.3, -0.25) is 4.79 Å². The number of halogens is 3. The van der Waals surface area contributed by atoms with Crippen LogP contribution in [0.3, 0.4) is 0 Å². The normalized spacial score (nSPS) is 16.0. The molecule has 2 nitrogen and oxygen atoms in total. The van der Waals surface area contributed by atoms with Gasteiger partial charge in [0.05, 0.1) is 6.42 Å². The Morgan fingerprint density at radius 2 is 1.90 bits per heavy atom. The Balaban J connectivity index is 2.05. The average molecular weight is 360 g/mol. The zero-order chi connectivity index (χ0) is 15.2. The topological polar surface area (TPSA) is 20.3 Å². The van der Waals surface area contributed by atoms with Gasteiger partial charge in [-0.15, -0.1) is 0 Å². The molecule has 0 bridgehead atoms. The van der Waals surface area contributed by atoms with E-state index >= 15 is 0 Å². The highest BCUT2D eigenvalue weighted by Gasteiger charge is 2.25. The molecule has 1 aromatic rings. The molecule has 5 heteroatoms. The molecule has 0 heterocycles. The van der Waals surface area contributed by atoms with E-state index < -0.39 is 11.6 Å². The van der Waals surface area contributed by atoms with Crippen molar-refractivity contribution < 1.29 is 13.6 Å². The Kier molecular flexibility index (Phi) is 6.15. The molecule has 2 rings (SSSR count). The van der Waals surface area contributed by atoms with Crippen LogP contribution in [0.2, 0.25) is 0 Å². The third kappa shape index (κ3) is 4.50. The number of carbonyl (C=O) groups is 1. The average Bonchev–Trinajstić information content (AvgIpc) is 2.49. The molecule has 21 heavy (non-hydrogen) atoms. The minimum atomic E-state index is -0.898. The highest BCUT2D eigenvalue weighted by Crippen LogP contribution is 2.23. The molecule has 0 spiro atoms. The van der Waals surface area contributed by atoms with Crippen molar-refractivity contribution >= 4 is 21.8 Å². The predicted octanol–water partition coefficient (Wildman–Crippen LogP) is 4.06. The number of nitrogens with zero attached hydrogens (tertiary/aromatic N) is 1. The smallest absolute Gasteiger partial charge is 0.227 e. The van der Waals surface area contributed by atoms with E-state index in [0.29, 0.717) is 12.1 Å². The van der Waals surface area contributed by atoms with Crippen molar-refractivity contribution in [1.29, 1.82) is 0 Å². The fourth-order valence-corrected chi connectivity index (χ4v) is 3.30. The standard InChI is InChI=1S/C16H20BrF2NO/c17-8-9-20(13-4-2-1-3-5-13)16(21)11-12-6-7-14(18)15(19)10-12/h6-7,10,13H,1-5,8-9,11H2. The molecule has 1 amide bonds. The van der Waals surface area contributed by atoms with Crippen molar-refractivity contribution in [3.63, 3.8) is 0 Å². The van der Waals surface area contributed by atoms with Gasteiger partial charge in [0.2, 0.25) is 5.91 Å². The van der Waals surface area contributed by atoms with E-state index in [9.17, 15) is 13.6 Å². The van der Waals surface area contributed by atoms with Gasteiger partial charge in [0.25, 0.3) is 0 Å². The third-order valence-electron chi connectivity index (χ3n) is 4.00. The minimum Gasteiger partial charge on any atom is -0.339 e. The van der Waals surface area contributed by atoms with Crippen LogP contribution in [0.4, 0.5) is 8.78 Å². The SMILES string of the molecule is O=C(Cc1ccc(F)c(F)c1)N(CCBr)C1CCCCC1. The Bertz CT molecular complexity index is 489. The van der Waals surface area contributed by atoms with Gasteiger partial charge in [0, 0.05) is 17.9 Å². The maximum atomic E-state index is 13.2. The molecule has 1 aliphatic carbocycles. The Morgan fingerprint density at radius 1 is 1.19 bits per heavy atom. The molecular weight excluding hydrogens is 340 g/mol. The number of hydrogen-bond donors (Lipinski definition) is 0. The molecule has 116 valence electrons. The van der Waals surface area contributed by atoms with Gasteiger partial charge in [-0.05, 0) is 30.5 Å².